The molecule has 1 atom stereocenters. The number of hydrogen-bond acceptors (Lipinski definition) is 3. The maximum Gasteiger partial charge on any atom is 0.307 e. The second-order valence-corrected chi connectivity index (χ2v) is 7.44. The van der Waals surface area contributed by atoms with E-state index in [4.69, 9.17) is 4.74 Å². The number of hydrogen-bond donors (Lipinski definition) is 0. The molecule has 1 aromatic heterocycles. The van der Waals surface area contributed by atoms with Crippen LogP contribution >= 0.6 is 0 Å². The summed E-state index contributed by atoms with van der Waals surface area (Å²) in [5.74, 6) is -0.174. The van der Waals surface area contributed by atoms with Crippen molar-refractivity contribution in [3.05, 3.63) is 60.3 Å². The molecule has 150 valence electrons. The monoisotopic (exact) mass is 388 g/mol. The molecule has 3 rings (SSSR count). The summed E-state index contributed by atoms with van der Waals surface area (Å²) in [5, 5.41) is 10.5. The molecule has 0 radical (unpaired) electrons. The third-order valence-corrected chi connectivity index (χ3v) is 5.49. The Morgan fingerprint density at radius 2 is 1.97 bits per heavy atom. The third kappa shape index (κ3) is 4.86. The lowest BCUT2D eigenvalue weighted by Gasteiger charge is -2.19. The lowest BCUT2D eigenvalue weighted by Crippen LogP contribution is -2.14. The first-order valence-corrected chi connectivity index (χ1v) is 10.3. The van der Waals surface area contributed by atoms with Gasteiger partial charge in [0.1, 0.15) is 0 Å². The molecule has 0 saturated heterocycles. The van der Waals surface area contributed by atoms with E-state index in [1.165, 1.54) is 26.4 Å². The zero-order chi connectivity index (χ0) is 20.6. The van der Waals surface area contributed by atoms with E-state index in [-0.39, 0.29) is 12.0 Å². The first-order valence-electron chi connectivity index (χ1n) is 10.3. The number of aromatic nitrogens is 1. The van der Waals surface area contributed by atoms with E-state index in [1.54, 1.807) is 0 Å². The number of fused-ring (bicyclic) bond motifs is 1. The highest BCUT2D eigenvalue weighted by atomic mass is 16.5. The molecule has 0 aliphatic heterocycles. The molecule has 0 bridgehead atoms. The summed E-state index contributed by atoms with van der Waals surface area (Å²) in [6.07, 6.45) is 8.10. The number of carbonyl (C=O) groups excluding carboxylic acids is 1. The van der Waals surface area contributed by atoms with Crippen molar-refractivity contribution in [2.45, 2.75) is 51.5 Å². The van der Waals surface area contributed by atoms with E-state index < -0.39 is 0 Å². The molecule has 4 heteroatoms. The highest BCUT2D eigenvalue weighted by Gasteiger charge is 2.18. The first-order chi connectivity index (χ1) is 14.2. The molecule has 0 fully saturated rings. The maximum atomic E-state index is 12.0. The lowest BCUT2D eigenvalue weighted by atomic mass is 9.99. The highest BCUT2D eigenvalue weighted by molar-refractivity contribution is 5.87. The highest BCUT2D eigenvalue weighted by Crippen LogP contribution is 2.31. The predicted molar refractivity (Wildman–Crippen MR) is 117 cm³/mol. The van der Waals surface area contributed by atoms with Crippen LogP contribution in [0.4, 0.5) is 0 Å². The van der Waals surface area contributed by atoms with E-state index in [2.05, 4.69) is 48.0 Å². The molecule has 1 heterocycles. The van der Waals surface area contributed by atoms with Crippen molar-refractivity contribution in [3.63, 3.8) is 0 Å². The number of carbonyl (C=O) groups is 1. The van der Waals surface area contributed by atoms with Crippen molar-refractivity contribution in [1.29, 1.82) is 5.26 Å². The smallest absolute Gasteiger partial charge is 0.307 e. The molecule has 1 unspecified atom stereocenters. The van der Waals surface area contributed by atoms with Crippen molar-refractivity contribution in [2.75, 3.05) is 7.11 Å². The quantitative estimate of drug-likeness (QED) is 0.321. The Morgan fingerprint density at radius 3 is 2.72 bits per heavy atom. The molecule has 3 aromatic rings. The van der Waals surface area contributed by atoms with E-state index in [9.17, 15) is 10.1 Å². The van der Waals surface area contributed by atoms with Crippen LogP contribution in [0.25, 0.3) is 22.0 Å². The Labute approximate surface area is 172 Å². The largest absolute Gasteiger partial charge is 0.469 e. The molecule has 0 aliphatic rings. The van der Waals surface area contributed by atoms with E-state index in [0.29, 0.717) is 12.0 Å². The molecule has 0 spiro atoms. The van der Waals surface area contributed by atoms with E-state index in [0.717, 1.165) is 34.9 Å². The van der Waals surface area contributed by atoms with Crippen LogP contribution < -0.4 is 0 Å². The van der Waals surface area contributed by atoms with Gasteiger partial charge in [-0.15, -0.1) is 0 Å². The number of rotatable bonds is 9. The number of benzene rings is 2. The number of ether oxygens (including phenoxy) is 1. The summed E-state index contributed by atoms with van der Waals surface area (Å²) in [6, 6.07) is 18.4. The Hall–Kier alpha value is -3.06. The number of esters is 1. The molecule has 4 nitrogen and oxygen atoms in total. The van der Waals surface area contributed by atoms with Crippen LogP contribution in [0.3, 0.4) is 0 Å². The predicted octanol–water partition coefficient (Wildman–Crippen LogP) is 6.25. The average molecular weight is 389 g/mol. The molecule has 0 aliphatic carbocycles. The third-order valence-electron chi connectivity index (χ3n) is 5.49. The Kier molecular flexibility index (Phi) is 7.08. The minimum Gasteiger partial charge on any atom is -0.469 e. The zero-order valence-corrected chi connectivity index (χ0v) is 17.2. The summed E-state index contributed by atoms with van der Waals surface area (Å²) in [4.78, 5) is 12.0. The molecule has 2 aromatic carbocycles. The second-order valence-electron chi connectivity index (χ2n) is 7.44. The van der Waals surface area contributed by atoms with Crippen LogP contribution in [0.5, 0.6) is 0 Å². The van der Waals surface area contributed by atoms with Crippen LogP contribution in [-0.4, -0.2) is 17.6 Å². The van der Waals surface area contributed by atoms with Gasteiger partial charge in [0.05, 0.1) is 25.2 Å². The van der Waals surface area contributed by atoms with Gasteiger partial charge in [-0.2, -0.15) is 5.26 Å². The van der Waals surface area contributed by atoms with Gasteiger partial charge in [0, 0.05) is 23.1 Å². The SMILES string of the molecule is CCCCCCC(CC(=O)OC)n1ccc2cc(-c3ccccc3C#N)ccc21. The Bertz CT molecular complexity index is 1010. The van der Waals surface area contributed by atoms with Crippen molar-refractivity contribution < 1.29 is 9.53 Å². The number of unbranched alkanes of at least 4 members (excludes halogenated alkanes) is 3. The van der Waals surface area contributed by atoms with Crippen molar-refractivity contribution in [3.8, 4) is 17.2 Å². The van der Waals surface area contributed by atoms with Crippen LogP contribution in [-0.2, 0) is 9.53 Å². The van der Waals surface area contributed by atoms with Gasteiger partial charge in [0.2, 0.25) is 0 Å². The van der Waals surface area contributed by atoms with Crippen molar-refractivity contribution in [2.24, 2.45) is 0 Å². The molecular weight excluding hydrogens is 360 g/mol. The minimum absolute atomic E-state index is 0.0917. The van der Waals surface area contributed by atoms with Crippen LogP contribution in [0.15, 0.2) is 54.7 Å². The van der Waals surface area contributed by atoms with E-state index >= 15 is 0 Å². The summed E-state index contributed by atoms with van der Waals surface area (Å²) < 4.78 is 7.14. The standard InChI is InChI=1S/C25H28N2O2/c1-3-4-5-6-10-22(17-25(28)29-2)27-15-14-20-16-19(12-13-24(20)27)23-11-8-7-9-21(23)18-26/h7-9,11-16,22H,3-6,10,17H2,1-2H3. The zero-order valence-electron chi connectivity index (χ0n) is 17.2. The summed E-state index contributed by atoms with van der Waals surface area (Å²) in [6.45, 7) is 2.20. The van der Waals surface area contributed by atoms with Crippen LogP contribution in [0.1, 0.15) is 57.1 Å². The van der Waals surface area contributed by atoms with Crippen LogP contribution in [0.2, 0.25) is 0 Å². The van der Waals surface area contributed by atoms with Crippen molar-refractivity contribution in [1.82, 2.24) is 4.57 Å². The fourth-order valence-corrected chi connectivity index (χ4v) is 3.90. The van der Waals surface area contributed by atoms with Gasteiger partial charge in [-0.1, -0.05) is 56.9 Å². The fourth-order valence-electron chi connectivity index (χ4n) is 3.90. The first kappa shape index (κ1) is 20.7. The van der Waals surface area contributed by atoms with Gasteiger partial charge in [-0.05, 0) is 41.8 Å². The Morgan fingerprint density at radius 1 is 1.14 bits per heavy atom. The molecule has 0 amide bonds. The topological polar surface area (TPSA) is 55.0 Å². The summed E-state index contributed by atoms with van der Waals surface area (Å²) >= 11 is 0. The summed E-state index contributed by atoms with van der Waals surface area (Å²) in [5.41, 5.74) is 3.74. The van der Waals surface area contributed by atoms with Gasteiger partial charge >= 0.3 is 5.97 Å². The van der Waals surface area contributed by atoms with Gasteiger partial charge in [0.15, 0.2) is 0 Å². The van der Waals surface area contributed by atoms with E-state index in [1.807, 2.05) is 24.3 Å². The number of methoxy groups -OCH3 is 1. The molecule has 0 N–H and O–H groups in total. The van der Waals surface area contributed by atoms with Crippen molar-refractivity contribution >= 4 is 16.9 Å². The molecular formula is C25H28N2O2. The van der Waals surface area contributed by atoms with Gasteiger partial charge in [-0.25, -0.2) is 0 Å². The normalized spacial score (nSPS) is 11.9. The molecule has 29 heavy (non-hydrogen) atoms. The fraction of sp³-hybridized carbons (Fsp3) is 0.360. The summed E-state index contributed by atoms with van der Waals surface area (Å²) in [7, 11) is 1.45. The minimum atomic E-state index is -0.174. The average Bonchev–Trinajstić information content (AvgIpc) is 3.18. The second kappa shape index (κ2) is 9.93. The van der Waals surface area contributed by atoms with Crippen LogP contribution in [0, 0.1) is 11.3 Å². The van der Waals surface area contributed by atoms with Gasteiger partial charge in [-0.3, -0.25) is 4.79 Å². The maximum absolute atomic E-state index is 12.0. The van der Waals surface area contributed by atoms with Gasteiger partial charge < -0.3 is 9.30 Å². The number of nitriles is 1. The Balaban J connectivity index is 1.91. The number of nitrogens with zero attached hydrogens (tertiary/aromatic N) is 2. The van der Waals surface area contributed by atoms with Gasteiger partial charge in [0.25, 0.3) is 0 Å². The lowest BCUT2D eigenvalue weighted by molar-refractivity contribution is -0.141. The molecule has 0 saturated carbocycles.